The number of hydrogen-bond acceptors (Lipinski definition) is 0. The van der Waals surface area contributed by atoms with Gasteiger partial charge in [0.2, 0.25) is 0 Å². The van der Waals surface area contributed by atoms with Gasteiger partial charge in [0.15, 0.2) is 0 Å². The van der Waals surface area contributed by atoms with Crippen LogP contribution in [-0.2, 0) is 0 Å². The summed E-state index contributed by atoms with van der Waals surface area (Å²) in [4.78, 5) is 0. The lowest BCUT2D eigenvalue weighted by molar-refractivity contribution is 1.51. The smallest absolute Gasteiger partial charge is 0.0459 e. The maximum absolute atomic E-state index is 3.46. The third-order valence-corrected chi connectivity index (χ3v) is 4.53. The highest BCUT2D eigenvalue weighted by Crippen LogP contribution is 2.32. The Morgan fingerprint density at radius 2 is 1.58 bits per heavy atom. The van der Waals surface area contributed by atoms with Crippen LogP contribution in [0.3, 0.4) is 0 Å². The Morgan fingerprint density at radius 3 is 2.00 bits per heavy atom. The first kappa shape index (κ1) is 10.5. The van der Waals surface area contributed by atoms with Gasteiger partial charge in [0.1, 0.15) is 0 Å². The molecule has 64 valence electrons. The molecule has 0 nitrogen and oxygen atoms in total. The molecule has 1 aromatic rings. The zero-order chi connectivity index (χ0) is 9.14. The molecule has 0 heterocycles. The van der Waals surface area contributed by atoms with Crippen LogP contribution in [0.2, 0.25) is 0 Å². The second-order valence-corrected chi connectivity index (χ2v) is 4.80. The van der Waals surface area contributed by atoms with Crippen molar-refractivity contribution in [2.24, 2.45) is 0 Å². The summed E-state index contributed by atoms with van der Waals surface area (Å²) in [6.07, 6.45) is 4.07. The number of hydrogen-bond donors (Lipinski definition) is 0. The third-order valence-electron chi connectivity index (χ3n) is 1.37. The van der Waals surface area contributed by atoms with Crippen molar-refractivity contribution in [3.63, 3.8) is 0 Å². The molecule has 0 radical (unpaired) electrons. The Labute approximate surface area is 97.4 Å². The second-order valence-electron chi connectivity index (χ2n) is 2.30. The summed E-state index contributed by atoms with van der Waals surface area (Å²) in [7, 11) is 0. The molecule has 0 spiro atoms. The Hall–Kier alpha value is 0.400. The van der Waals surface area contributed by atoms with Crippen LogP contribution >= 0.6 is 47.8 Å². The predicted molar refractivity (Wildman–Crippen MR) is 64.3 cm³/mol. The first-order valence-corrected chi connectivity index (χ1v) is 5.80. The van der Waals surface area contributed by atoms with Crippen LogP contribution < -0.4 is 0 Å². The Balaban J connectivity index is 3.21. The maximum atomic E-state index is 3.46. The Kier molecular flexibility index (Phi) is 4.00. The summed E-state index contributed by atoms with van der Waals surface area (Å²) >= 11 is 10.4. The van der Waals surface area contributed by atoms with Crippen LogP contribution in [0.4, 0.5) is 0 Å². The lowest BCUT2D eigenvalue weighted by Crippen LogP contribution is -1.77. The molecule has 1 rings (SSSR count). The molecule has 12 heavy (non-hydrogen) atoms. The Bertz CT molecular complexity index is 293. The molecule has 0 fully saturated rings. The van der Waals surface area contributed by atoms with Gasteiger partial charge in [-0.15, -0.1) is 0 Å². The molecule has 0 unspecified atom stereocenters. The van der Waals surface area contributed by atoms with Crippen molar-refractivity contribution in [1.82, 2.24) is 0 Å². The fourth-order valence-corrected chi connectivity index (χ4v) is 2.31. The molecule has 0 aliphatic rings. The molecular weight excluding hydrogens is 348 g/mol. The topological polar surface area (TPSA) is 0 Å². The number of allylic oxidation sites excluding steroid dienone is 1. The van der Waals surface area contributed by atoms with E-state index in [0.29, 0.717) is 0 Å². The SMILES string of the molecule is CC=Cc1cc(Br)c(Br)c(Br)c1. The average Bonchev–Trinajstić information content (AvgIpc) is 2.01. The minimum atomic E-state index is 1.05. The summed E-state index contributed by atoms with van der Waals surface area (Å²) in [5.74, 6) is 0. The summed E-state index contributed by atoms with van der Waals surface area (Å²) in [6.45, 7) is 2.00. The molecule has 0 amide bonds. The zero-order valence-corrected chi connectivity index (χ0v) is 11.2. The second kappa shape index (κ2) is 4.58. The first-order valence-electron chi connectivity index (χ1n) is 3.42. The van der Waals surface area contributed by atoms with E-state index in [1.54, 1.807) is 0 Å². The van der Waals surface area contributed by atoms with E-state index in [1.165, 1.54) is 5.56 Å². The van der Waals surface area contributed by atoms with Gasteiger partial charge < -0.3 is 0 Å². The van der Waals surface area contributed by atoms with E-state index in [0.717, 1.165) is 13.4 Å². The molecule has 3 heteroatoms. The van der Waals surface area contributed by atoms with Crippen LogP contribution in [0, 0.1) is 0 Å². The Morgan fingerprint density at radius 1 is 1.08 bits per heavy atom. The van der Waals surface area contributed by atoms with Crippen molar-refractivity contribution in [3.05, 3.63) is 37.2 Å². The zero-order valence-electron chi connectivity index (χ0n) is 6.44. The van der Waals surface area contributed by atoms with Gasteiger partial charge >= 0.3 is 0 Å². The number of rotatable bonds is 1. The van der Waals surface area contributed by atoms with Gasteiger partial charge in [-0.05, 0) is 72.4 Å². The number of halogens is 3. The molecule has 0 N–H and O–H groups in total. The predicted octanol–water partition coefficient (Wildman–Crippen LogP) is 5.01. The largest absolute Gasteiger partial charge is 0.0871 e. The summed E-state index contributed by atoms with van der Waals surface area (Å²) in [5.41, 5.74) is 1.18. The van der Waals surface area contributed by atoms with Crippen molar-refractivity contribution in [3.8, 4) is 0 Å². The summed E-state index contributed by atoms with van der Waals surface area (Å²) < 4.78 is 3.17. The van der Waals surface area contributed by atoms with Crippen LogP contribution in [0.5, 0.6) is 0 Å². The maximum Gasteiger partial charge on any atom is 0.0459 e. The normalized spacial score (nSPS) is 11.0. The van der Waals surface area contributed by atoms with Gasteiger partial charge in [-0.1, -0.05) is 12.2 Å². The molecule has 0 aliphatic heterocycles. The summed E-state index contributed by atoms with van der Waals surface area (Å²) in [6, 6.07) is 4.13. The van der Waals surface area contributed by atoms with E-state index >= 15 is 0 Å². The van der Waals surface area contributed by atoms with E-state index < -0.39 is 0 Å². The highest BCUT2D eigenvalue weighted by Gasteiger charge is 2.02. The summed E-state index contributed by atoms with van der Waals surface area (Å²) in [5, 5.41) is 0. The van der Waals surface area contributed by atoms with Crippen LogP contribution in [-0.4, -0.2) is 0 Å². The van der Waals surface area contributed by atoms with Crippen LogP contribution in [0.15, 0.2) is 31.6 Å². The fraction of sp³-hybridized carbons (Fsp3) is 0.111. The minimum absolute atomic E-state index is 1.05. The van der Waals surface area contributed by atoms with E-state index in [-0.39, 0.29) is 0 Å². The monoisotopic (exact) mass is 352 g/mol. The van der Waals surface area contributed by atoms with E-state index in [1.807, 2.05) is 13.0 Å². The molecule has 0 saturated carbocycles. The fourth-order valence-electron chi connectivity index (χ4n) is 0.864. The van der Waals surface area contributed by atoms with Crippen molar-refractivity contribution < 1.29 is 0 Å². The molecule has 0 atom stereocenters. The molecule has 0 bridgehead atoms. The lowest BCUT2D eigenvalue weighted by atomic mass is 10.2. The molecule has 1 aromatic carbocycles. The van der Waals surface area contributed by atoms with Crippen LogP contribution in [0.1, 0.15) is 12.5 Å². The lowest BCUT2D eigenvalue weighted by Gasteiger charge is -2.01. The van der Waals surface area contributed by atoms with Crippen molar-refractivity contribution in [1.29, 1.82) is 0 Å². The minimum Gasteiger partial charge on any atom is -0.0871 e. The third kappa shape index (κ3) is 2.44. The molecule has 0 aliphatic carbocycles. The van der Waals surface area contributed by atoms with Gasteiger partial charge in [-0.25, -0.2) is 0 Å². The number of benzene rings is 1. The van der Waals surface area contributed by atoms with Crippen molar-refractivity contribution in [2.45, 2.75) is 6.92 Å². The standard InChI is InChI=1S/C9H7Br3/c1-2-3-6-4-7(10)9(12)8(11)5-6/h2-5H,1H3. The van der Waals surface area contributed by atoms with Gasteiger partial charge in [0.05, 0.1) is 0 Å². The van der Waals surface area contributed by atoms with Crippen molar-refractivity contribution in [2.75, 3.05) is 0 Å². The van der Waals surface area contributed by atoms with Gasteiger partial charge in [-0.2, -0.15) is 0 Å². The van der Waals surface area contributed by atoms with Gasteiger partial charge in [0.25, 0.3) is 0 Å². The average molecular weight is 355 g/mol. The van der Waals surface area contributed by atoms with E-state index in [4.69, 9.17) is 0 Å². The molecule has 0 saturated heterocycles. The first-order chi connectivity index (χ1) is 5.65. The molecule has 0 aromatic heterocycles. The van der Waals surface area contributed by atoms with E-state index in [2.05, 4.69) is 66.0 Å². The van der Waals surface area contributed by atoms with Crippen LogP contribution in [0.25, 0.3) is 6.08 Å². The highest BCUT2D eigenvalue weighted by atomic mass is 79.9. The van der Waals surface area contributed by atoms with Gasteiger partial charge in [-0.3, -0.25) is 0 Å². The quantitative estimate of drug-likeness (QED) is 0.622. The van der Waals surface area contributed by atoms with Crippen molar-refractivity contribution >= 4 is 53.9 Å². The van der Waals surface area contributed by atoms with Gasteiger partial charge in [0, 0.05) is 13.4 Å². The van der Waals surface area contributed by atoms with E-state index in [9.17, 15) is 0 Å². The molecular formula is C9H7Br3. The highest BCUT2D eigenvalue weighted by molar-refractivity contribution is 9.14.